The van der Waals surface area contributed by atoms with Gasteiger partial charge in [-0.15, -0.1) is 15.3 Å². The number of anilines is 2. The number of carbonyl (C=O) groups is 1. The SMILES string of the molecule is O=C(Nc1cc2c(cc1Cl)OCCO2)C1CCN(c2ccc3nncn3n2)CC1. The van der Waals surface area contributed by atoms with Gasteiger partial charge in [0.05, 0.1) is 10.7 Å². The van der Waals surface area contributed by atoms with Crippen LogP contribution in [0.5, 0.6) is 11.5 Å². The smallest absolute Gasteiger partial charge is 0.227 e. The molecule has 0 aliphatic carbocycles. The van der Waals surface area contributed by atoms with Gasteiger partial charge < -0.3 is 19.7 Å². The third-order valence-electron chi connectivity index (χ3n) is 5.23. The first kappa shape index (κ1) is 18.0. The molecule has 2 aliphatic rings. The van der Waals surface area contributed by atoms with Crippen molar-refractivity contribution in [3.05, 3.63) is 35.6 Å². The molecular weight excluding hydrogens is 396 g/mol. The number of carbonyl (C=O) groups excluding carboxylic acids is 1. The van der Waals surface area contributed by atoms with E-state index >= 15 is 0 Å². The van der Waals surface area contributed by atoms with Gasteiger partial charge in [-0.1, -0.05) is 11.6 Å². The summed E-state index contributed by atoms with van der Waals surface area (Å²) in [4.78, 5) is 14.9. The number of piperidine rings is 1. The highest BCUT2D eigenvalue weighted by molar-refractivity contribution is 6.34. The van der Waals surface area contributed by atoms with Crippen LogP contribution in [-0.4, -0.2) is 52.0 Å². The molecule has 9 nitrogen and oxygen atoms in total. The zero-order valence-electron chi connectivity index (χ0n) is 15.5. The lowest BCUT2D eigenvalue weighted by Crippen LogP contribution is -2.38. The van der Waals surface area contributed by atoms with Crippen molar-refractivity contribution in [1.82, 2.24) is 19.8 Å². The molecule has 2 aromatic heterocycles. The number of benzene rings is 1. The summed E-state index contributed by atoms with van der Waals surface area (Å²) in [5.74, 6) is 1.93. The van der Waals surface area contributed by atoms with Gasteiger partial charge in [0.25, 0.3) is 0 Å². The van der Waals surface area contributed by atoms with Crippen LogP contribution in [0.2, 0.25) is 5.02 Å². The number of nitrogens with zero attached hydrogens (tertiary/aromatic N) is 5. The zero-order chi connectivity index (χ0) is 19.8. The highest BCUT2D eigenvalue weighted by Gasteiger charge is 2.27. The molecule has 29 heavy (non-hydrogen) atoms. The number of amides is 1. The number of hydrogen-bond acceptors (Lipinski definition) is 7. The van der Waals surface area contributed by atoms with E-state index in [0.29, 0.717) is 41.1 Å². The topological polar surface area (TPSA) is 93.9 Å². The molecule has 4 heterocycles. The zero-order valence-corrected chi connectivity index (χ0v) is 16.3. The molecule has 2 aliphatic heterocycles. The van der Waals surface area contributed by atoms with Crippen LogP contribution in [0.15, 0.2) is 30.6 Å². The van der Waals surface area contributed by atoms with Gasteiger partial charge in [0.1, 0.15) is 25.4 Å². The fourth-order valence-electron chi connectivity index (χ4n) is 3.65. The Bertz CT molecular complexity index is 1060. The highest BCUT2D eigenvalue weighted by Crippen LogP contribution is 2.38. The summed E-state index contributed by atoms with van der Waals surface area (Å²) in [5.41, 5.74) is 1.25. The molecule has 150 valence electrons. The van der Waals surface area contributed by atoms with Gasteiger partial charge in [0, 0.05) is 31.1 Å². The molecule has 0 bridgehead atoms. The van der Waals surface area contributed by atoms with Crippen LogP contribution in [0.3, 0.4) is 0 Å². The van der Waals surface area contributed by atoms with Crippen molar-refractivity contribution in [2.75, 3.05) is 36.5 Å². The Hall–Kier alpha value is -3.07. The molecule has 10 heteroatoms. The minimum atomic E-state index is -0.0887. The minimum Gasteiger partial charge on any atom is -0.486 e. The molecule has 3 aromatic rings. The monoisotopic (exact) mass is 414 g/mol. The lowest BCUT2D eigenvalue weighted by molar-refractivity contribution is -0.120. The van der Waals surface area contributed by atoms with Gasteiger partial charge in [-0.3, -0.25) is 4.79 Å². The van der Waals surface area contributed by atoms with Crippen LogP contribution in [0.25, 0.3) is 5.65 Å². The van der Waals surface area contributed by atoms with Crippen molar-refractivity contribution in [3.63, 3.8) is 0 Å². The molecule has 0 saturated carbocycles. The number of fused-ring (bicyclic) bond motifs is 2. The summed E-state index contributed by atoms with van der Waals surface area (Å²) < 4.78 is 12.7. The maximum atomic E-state index is 12.8. The summed E-state index contributed by atoms with van der Waals surface area (Å²) in [6, 6.07) is 7.22. The summed E-state index contributed by atoms with van der Waals surface area (Å²) in [5, 5.41) is 15.7. The molecule has 1 N–H and O–H groups in total. The van der Waals surface area contributed by atoms with E-state index in [4.69, 9.17) is 21.1 Å². The highest BCUT2D eigenvalue weighted by atomic mass is 35.5. The van der Waals surface area contributed by atoms with E-state index in [2.05, 4.69) is 25.5 Å². The number of halogens is 1. The predicted octanol–water partition coefficient (Wildman–Crippen LogP) is 2.40. The van der Waals surface area contributed by atoms with E-state index in [0.717, 1.165) is 31.7 Å². The fourth-order valence-corrected chi connectivity index (χ4v) is 3.85. The van der Waals surface area contributed by atoms with E-state index in [-0.39, 0.29) is 11.8 Å². The molecule has 0 spiro atoms. The minimum absolute atomic E-state index is 0.0366. The number of ether oxygens (including phenoxy) is 2. The Morgan fingerprint density at radius 2 is 1.90 bits per heavy atom. The average Bonchev–Trinajstić information content (AvgIpc) is 3.22. The molecule has 5 rings (SSSR count). The van der Waals surface area contributed by atoms with E-state index in [9.17, 15) is 4.79 Å². The van der Waals surface area contributed by atoms with Gasteiger partial charge in [-0.2, -0.15) is 4.52 Å². The maximum Gasteiger partial charge on any atom is 0.227 e. The summed E-state index contributed by atoms with van der Waals surface area (Å²) in [6.07, 6.45) is 3.04. The molecule has 1 amide bonds. The third kappa shape index (κ3) is 3.53. The van der Waals surface area contributed by atoms with Crippen LogP contribution < -0.4 is 19.7 Å². The lowest BCUT2D eigenvalue weighted by Gasteiger charge is -2.32. The Morgan fingerprint density at radius 3 is 2.69 bits per heavy atom. The normalized spacial score (nSPS) is 16.8. The second kappa shape index (κ2) is 7.40. The summed E-state index contributed by atoms with van der Waals surface area (Å²) in [6.45, 7) is 2.46. The van der Waals surface area contributed by atoms with Crippen molar-refractivity contribution in [1.29, 1.82) is 0 Å². The van der Waals surface area contributed by atoms with Crippen LogP contribution in [-0.2, 0) is 4.79 Å². The Balaban J connectivity index is 1.23. The number of nitrogens with one attached hydrogen (secondary N) is 1. The fraction of sp³-hybridized carbons (Fsp3) is 0.368. The predicted molar refractivity (Wildman–Crippen MR) is 107 cm³/mol. The van der Waals surface area contributed by atoms with Gasteiger partial charge in [-0.05, 0) is 25.0 Å². The van der Waals surface area contributed by atoms with Crippen molar-refractivity contribution in [3.8, 4) is 11.5 Å². The van der Waals surface area contributed by atoms with E-state index in [1.54, 1.807) is 23.0 Å². The molecule has 0 atom stereocenters. The van der Waals surface area contributed by atoms with Crippen molar-refractivity contribution in [2.45, 2.75) is 12.8 Å². The number of hydrogen-bond donors (Lipinski definition) is 1. The second-order valence-corrected chi connectivity index (χ2v) is 7.46. The maximum absolute atomic E-state index is 12.8. The van der Waals surface area contributed by atoms with E-state index < -0.39 is 0 Å². The van der Waals surface area contributed by atoms with E-state index in [1.807, 2.05) is 12.1 Å². The number of rotatable bonds is 3. The lowest BCUT2D eigenvalue weighted by atomic mass is 9.96. The average molecular weight is 415 g/mol. The van der Waals surface area contributed by atoms with Crippen LogP contribution in [0.4, 0.5) is 11.5 Å². The van der Waals surface area contributed by atoms with Gasteiger partial charge >= 0.3 is 0 Å². The van der Waals surface area contributed by atoms with Gasteiger partial charge in [-0.25, -0.2) is 0 Å². The van der Waals surface area contributed by atoms with Gasteiger partial charge in [0.15, 0.2) is 17.1 Å². The van der Waals surface area contributed by atoms with E-state index in [1.165, 1.54) is 0 Å². The van der Waals surface area contributed by atoms with Gasteiger partial charge in [0.2, 0.25) is 5.91 Å². The molecular formula is C19H19ClN6O3. The van der Waals surface area contributed by atoms with Crippen molar-refractivity contribution in [2.24, 2.45) is 5.92 Å². The summed E-state index contributed by atoms with van der Waals surface area (Å²) in [7, 11) is 0. The molecule has 0 unspecified atom stereocenters. The standard InChI is InChI=1S/C19H19ClN6O3/c20-13-9-15-16(29-8-7-28-15)10-14(13)22-19(27)12-3-5-25(6-4-12)18-2-1-17-23-21-11-26(17)24-18/h1-2,9-12H,3-8H2,(H,22,27). The second-order valence-electron chi connectivity index (χ2n) is 7.05. The van der Waals surface area contributed by atoms with Crippen molar-refractivity contribution < 1.29 is 14.3 Å². The number of aromatic nitrogens is 4. The molecule has 1 aromatic carbocycles. The first-order valence-electron chi connectivity index (χ1n) is 9.49. The molecule has 1 fully saturated rings. The van der Waals surface area contributed by atoms with Crippen molar-refractivity contribution >= 4 is 34.7 Å². The van der Waals surface area contributed by atoms with Crippen LogP contribution in [0, 0.1) is 5.92 Å². The van der Waals surface area contributed by atoms with Crippen LogP contribution >= 0.6 is 11.6 Å². The first-order chi connectivity index (χ1) is 14.2. The Morgan fingerprint density at radius 1 is 1.14 bits per heavy atom. The third-order valence-corrected chi connectivity index (χ3v) is 5.54. The van der Waals surface area contributed by atoms with Crippen LogP contribution in [0.1, 0.15) is 12.8 Å². The quantitative estimate of drug-likeness (QED) is 0.703. The molecule has 1 saturated heterocycles. The Labute approximate surface area is 171 Å². The molecule has 0 radical (unpaired) electrons. The Kier molecular flexibility index (Phi) is 4.59. The largest absolute Gasteiger partial charge is 0.486 e. The summed E-state index contributed by atoms with van der Waals surface area (Å²) >= 11 is 6.31. The first-order valence-corrected chi connectivity index (χ1v) is 9.87.